The monoisotopic (exact) mass is 625 g/mol. The number of hydrogen-bond acceptors (Lipinski definition) is 5. The Balaban J connectivity index is 1.74. The smallest absolute Gasteiger partial charge is 0.253 e. The Kier molecular flexibility index (Phi) is 10.5. The maximum absolute atomic E-state index is 13.0. The molecule has 1 aromatic heterocycles. The van der Waals surface area contributed by atoms with E-state index >= 15 is 0 Å². The number of halogens is 3. The third-order valence-electron chi connectivity index (χ3n) is 5.71. The van der Waals surface area contributed by atoms with Crippen molar-refractivity contribution in [3.05, 3.63) is 67.9 Å². The first-order valence-electron chi connectivity index (χ1n) is 11.9. The number of thioether (sulfide) groups is 1. The zero-order valence-corrected chi connectivity index (χ0v) is 25.2. The van der Waals surface area contributed by atoms with Crippen molar-refractivity contribution < 1.29 is 9.59 Å². The van der Waals surface area contributed by atoms with Gasteiger partial charge in [0, 0.05) is 21.7 Å². The summed E-state index contributed by atoms with van der Waals surface area (Å²) in [6, 6.07) is 10.2. The standard InChI is InChI=1S/C26H30BrCl2N5O2S/c1-6-34-24(23(15(4)5)31-25(36)18-9-8-17(28)12-20(18)29)32-33-26(34)37-13-22(35)30-21-10-7-16(27)11-19(21)14(2)3/h7-12,14-15,23H,6,13H2,1-5H3,(H,30,35)(H,31,36)/t23-/m1/s1. The van der Waals surface area contributed by atoms with Crippen LogP contribution >= 0.6 is 50.9 Å². The summed E-state index contributed by atoms with van der Waals surface area (Å²) < 4.78 is 2.89. The van der Waals surface area contributed by atoms with Crippen LogP contribution in [0.1, 0.15) is 68.3 Å². The van der Waals surface area contributed by atoms with Crippen LogP contribution in [-0.4, -0.2) is 32.3 Å². The van der Waals surface area contributed by atoms with Gasteiger partial charge in [-0.3, -0.25) is 9.59 Å². The van der Waals surface area contributed by atoms with Crippen molar-refractivity contribution in [1.29, 1.82) is 0 Å². The van der Waals surface area contributed by atoms with Crippen LogP contribution in [0.15, 0.2) is 46.0 Å². The molecule has 0 unspecified atom stereocenters. The van der Waals surface area contributed by atoms with E-state index in [1.165, 1.54) is 17.8 Å². The molecule has 0 fully saturated rings. The van der Waals surface area contributed by atoms with Crippen molar-refractivity contribution in [2.75, 3.05) is 11.1 Å². The fraction of sp³-hybridized carbons (Fsp3) is 0.385. The topological polar surface area (TPSA) is 88.9 Å². The Labute approximate surface area is 240 Å². The molecule has 7 nitrogen and oxygen atoms in total. The average Bonchev–Trinajstić information content (AvgIpc) is 3.24. The highest BCUT2D eigenvalue weighted by molar-refractivity contribution is 9.10. The van der Waals surface area contributed by atoms with Crippen molar-refractivity contribution in [2.24, 2.45) is 5.92 Å². The maximum atomic E-state index is 13.0. The zero-order valence-electron chi connectivity index (χ0n) is 21.3. The molecule has 0 aliphatic rings. The van der Waals surface area contributed by atoms with Gasteiger partial charge in [-0.15, -0.1) is 10.2 Å². The first-order chi connectivity index (χ1) is 17.5. The Bertz CT molecular complexity index is 1280. The number of rotatable bonds is 10. The second kappa shape index (κ2) is 13.1. The average molecular weight is 627 g/mol. The molecule has 11 heteroatoms. The van der Waals surface area contributed by atoms with Gasteiger partial charge in [0.2, 0.25) is 5.91 Å². The molecule has 3 aromatic rings. The van der Waals surface area contributed by atoms with Crippen molar-refractivity contribution in [1.82, 2.24) is 20.1 Å². The fourth-order valence-electron chi connectivity index (χ4n) is 3.80. The molecule has 0 bridgehead atoms. The first kappa shape index (κ1) is 29.5. The van der Waals surface area contributed by atoms with Crippen molar-refractivity contribution >= 4 is 68.4 Å². The minimum Gasteiger partial charge on any atom is -0.342 e. The van der Waals surface area contributed by atoms with Crippen LogP contribution in [0.5, 0.6) is 0 Å². The largest absolute Gasteiger partial charge is 0.342 e. The lowest BCUT2D eigenvalue weighted by Crippen LogP contribution is -2.34. The van der Waals surface area contributed by atoms with Gasteiger partial charge in [-0.2, -0.15) is 0 Å². The molecule has 0 saturated heterocycles. The number of amides is 2. The van der Waals surface area contributed by atoms with Crippen LogP contribution in [0.3, 0.4) is 0 Å². The highest BCUT2D eigenvalue weighted by Crippen LogP contribution is 2.29. The van der Waals surface area contributed by atoms with Gasteiger partial charge < -0.3 is 15.2 Å². The highest BCUT2D eigenvalue weighted by Gasteiger charge is 2.27. The number of carbonyl (C=O) groups is 2. The van der Waals surface area contributed by atoms with E-state index in [4.69, 9.17) is 23.2 Å². The summed E-state index contributed by atoms with van der Waals surface area (Å²) >= 11 is 17.0. The molecular formula is C26H30BrCl2N5O2S. The zero-order chi connectivity index (χ0) is 27.3. The molecule has 1 heterocycles. The minimum absolute atomic E-state index is 0.0255. The molecule has 2 aromatic carbocycles. The Morgan fingerprint density at radius 2 is 1.81 bits per heavy atom. The van der Waals surface area contributed by atoms with Gasteiger partial charge in [-0.25, -0.2) is 0 Å². The molecule has 0 radical (unpaired) electrons. The molecule has 2 N–H and O–H groups in total. The summed E-state index contributed by atoms with van der Waals surface area (Å²) in [5.74, 6) is 0.622. The number of aromatic nitrogens is 3. The molecule has 1 atom stereocenters. The van der Waals surface area contributed by atoms with Gasteiger partial charge in [0.25, 0.3) is 5.91 Å². The molecule has 198 valence electrons. The SMILES string of the molecule is CCn1c(SCC(=O)Nc2ccc(Br)cc2C(C)C)nnc1[C@H](NC(=O)c1ccc(Cl)cc1Cl)C(C)C. The summed E-state index contributed by atoms with van der Waals surface area (Å²) in [4.78, 5) is 25.8. The Hall–Kier alpha value is -2.07. The summed E-state index contributed by atoms with van der Waals surface area (Å²) in [6.45, 7) is 10.7. The third kappa shape index (κ3) is 7.50. The predicted molar refractivity (Wildman–Crippen MR) is 155 cm³/mol. The number of benzene rings is 2. The normalized spacial score (nSPS) is 12.2. The van der Waals surface area contributed by atoms with Crippen LogP contribution in [0.2, 0.25) is 10.0 Å². The lowest BCUT2D eigenvalue weighted by molar-refractivity contribution is -0.113. The second-order valence-corrected chi connectivity index (χ2v) is 11.8. The summed E-state index contributed by atoms with van der Waals surface area (Å²) in [6.07, 6.45) is 0. The Morgan fingerprint density at radius 3 is 2.43 bits per heavy atom. The van der Waals surface area contributed by atoms with Gasteiger partial charge in [-0.05, 0) is 60.7 Å². The molecular weight excluding hydrogens is 597 g/mol. The van der Waals surface area contributed by atoms with Crippen molar-refractivity contribution in [3.8, 4) is 0 Å². The summed E-state index contributed by atoms with van der Waals surface area (Å²) in [5.41, 5.74) is 2.19. The third-order valence-corrected chi connectivity index (χ3v) is 7.72. The van der Waals surface area contributed by atoms with Crippen molar-refractivity contribution in [3.63, 3.8) is 0 Å². The molecule has 0 aliphatic carbocycles. The van der Waals surface area contributed by atoms with Crippen LogP contribution in [0.4, 0.5) is 5.69 Å². The fourth-order valence-corrected chi connectivity index (χ4v) is 5.48. The van der Waals surface area contributed by atoms with E-state index in [1.54, 1.807) is 12.1 Å². The van der Waals surface area contributed by atoms with E-state index in [0.717, 1.165) is 15.7 Å². The number of carbonyl (C=O) groups excluding carboxylic acids is 2. The molecule has 0 spiro atoms. The molecule has 37 heavy (non-hydrogen) atoms. The van der Waals surface area contributed by atoms with Gasteiger partial charge in [-0.1, -0.05) is 78.6 Å². The van der Waals surface area contributed by atoms with E-state index in [9.17, 15) is 9.59 Å². The van der Waals surface area contributed by atoms with Gasteiger partial charge in [0.15, 0.2) is 11.0 Å². The summed E-state index contributed by atoms with van der Waals surface area (Å²) in [5, 5.41) is 16.1. The maximum Gasteiger partial charge on any atom is 0.253 e. The van der Waals surface area contributed by atoms with E-state index in [2.05, 4.69) is 50.6 Å². The van der Waals surface area contributed by atoms with Gasteiger partial charge >= 0.3 is 0 Å². The van der Waals surface area contributed by atoms with E-state index in [1.807, 2.05) is 43.5 Å². The van der Waals surface area contributed by atoms with E-state index < -0.39 is 6.04 Å². The number of hydrogen-bond donors (Lipinski definition) is 2. The first-order valence-corrected chi connectivity index (χ1v) is 14.5. The molecule has 2 amide bonds. The van der Waals surface area contributed by atoms with E-state index in [0.29, 0.717) is 28.1 Å². The van der Waals surface area contributed by atoms with Crippen LogP contribution in [-0.2, 0) is 11.3 Å². The van der Waals surface area contributed by atoms with Gasteiger partial charge in [0.1, 0.15) is 0 Å². The highest BCUT2D eigenvalue weighted by atomic mass is 79.9. The quantitative estimate of drug-likeness (QED) is 0.230. The minimum atomic E-state index is -0.411. The number of nitrogens with one attached hydrogen (secondary N) is 2. The van der Waals surface area contributed by atoms with Crippen LogP contribution in [0, 0.1) is 5.92 Å². The lowest BCUT2D eigenvalue weighted by Gasteiger charge is -2.23. The second-order valence-electron chi connectivity index (χ2n) is 9.13. The molecule has 0 aliphatic heterocycles. The number of anilines is 1. The van der Waals surface area contributed by atoms with Crippen molar-refractivity contribution in [2.45, 2.75) is 58.3 Å². The van der Waals surface area contributed by atoms with Gasteiger partial charge in [0.05, 0.1) is 22.4 Å². The van der Waals surface area contributed by atoms with E-state index in [-0.39, 0.29) is 34.4 Å². The lowest BCUT2D eigenvalue weighted by atomic mass is 10.0. The Morgan fingerprint density at radius 1 is 1.08 bits per heavy atom. The van der Waals surface area contributed by atoms with Crippen LogP contribution in [0.25, 0.3) is 0 Å². The summed E-state index contributed by atoms with van der Waals surface area (Å²) in [7, 11) is 0. The number of nitrogens with zero attached hydrogens (tertiary/aromatic N) is 3. The molecule has 3 rings (SSSR count). The van der Waals surface area contributed by atoms with Crippen LogP contribution < -0.4 is 10.6 Å². The predicted octanol–water partition coefficient (Wildman–Crippen LogP) is 7.35. The molecule has 0 saturated carbocycles.